The number of phenolic OH excluding ortho intramolecular Hbond substituents is 1. The lowest BCUT2D eigenvalue weighted by molar-refractivity contribution is -0.134. The molecule has 28 heavy (non-hydrogen) atoms. The number of anilines is 1. The predicted molar refractivity (Wildman–Crippen MR) is 103 cm³/mol. The second-order valence-electron chi connectivity index (χ2n) is 8.04. The number of ether oxygens (including phenoxy) is 1. The van der Waals surface area contributed by atoms with Crippen LogP contribution in [0.1, 0.15) is 31.7 Å². The van der Waals surface area contributed by atoms with Gasteiger partial charge in [0.25, 0.3) is 0 Å². The van der Waals surface area contributed by atoms with Gasteiger partial charge in [-0.15, -0.1) is 0 Å². The van der Waals surface area contributed by atoms with Gasteiger partial charge in [-0.2, -0.15) is 0 Å². The molecule has 2 fully saturated rings. The number of carboxylic acid groups (broad SMARTS) is 1. The normalized spacial score (nSPS) is 32.1. The molecule has 2 saturated heterocycles. The molecular formula is C21H26N2O5. The molecule has 3 N–H and O–H groups in total. The van der Waals surface area contributed by atoms with E-state index in [1.807, 2.05) is 0 Å². The van der Waals surface area contributed by atoms with Gasteiger partial charge in [-0.3, -0.25) is 9.69 Å². The summed E-state index contributed by atoms with van der Waals surface area (Å²) in [5, 5.41) is 22.7. The molecule has 1 aromatic rings. The van der Waals surface area contributed by atoms with E-state index in [9.17, 15) is 19.8 Å². The van der Waals surface area contributed by atoms with Crippen molar-refractivity contribution in [3.8, 4) is 5.75 Å². The van der Waals surface area contributed by atoms with Crippen LogP contribution in [0.5, 0.6) is 5.75 Å². The first-order valence-corrected chi connectivity index (χ1v) is 9.77. The molecule has 150 valence electrons. The molecular weight excluding hydrogens is 360 g/mol. The summed E-state index contributed by atoms with van der Waals surface area (Å²) in [6.45, 7) is 3.61. The van der Waals surface area contributed by atoms with Gasteiger partial charge in [-0.25, -0.2) is 4.79 Å². The van der Waals surface area contributed by atoms with Crippen LogP contribution in [0.15, 0.2) is 30.0 Å². The van der Waals surface area contributed by atoms with Crippen LogP contribution in [-0.2, 0) is 19.7 Å². The van der Waals surface area contributed by atoms with E-state index in [4.69, 9.17) is 4.74 Å². The first-order chi connectivity index (χ1) is 13.4. The van der Waals surface area contributed by atoms with Gasteiger partial charge in [0.2, 0.25) is 5.91 Å². The molecule has 3 aliphatic heterocycles. The van der Waals surface area contributed by atoms with Crippen LogP contribution in [0.2, 0.25) is 0 Å². The van der Waals surface area contributed by atoms with E-state index in [-0.39, 0.29) is 35.1 Å². The molecule has 0 bridgehead atoms. The number of carbonyl (C=O) groups excluding carboxylic acids is 1. The summed E-state index contributed by atoms with van der Waals surface area (Å²) in [5.41, 5.74) is 1.09. The van der Waals surface area contributed by atoms with Crippen molar-refractivity contribution in [1.82, 2.24) is 4.90 Å². The van der Waals surface area contributed by atoms with E-state index in [1.165, 1.54) is 13.4 Å². The predicted octanol–water partition coefficient (Wildman–Crippen LogP) is 2.32. The number of phenols is 1. The smallest absolute Gasteiger partial charge is 0.334 e. The summed E-state index contributed by atoms with van der Waals surface area (Å²) in [5.74, 6) is -0.885. The van der Waals surface area contributed by atoms with Crippen molar-refractivity contribution >= 4 is 17.6 Å². The zero-order chi connectivity index (χ0) is 20.1. The summed E-state index contributed by atoms with van der Waals surface area (Å²) in [6.07, 6.45) is 3.43. The highest BCUT2D eigenvalue weighted by Gasteiger charge is 2.60. The number of nitrogens with zero attached hydrogens (tertiary/aromatic N) is 1. The molecule has 0 saturated carbocycles. The molecule has 4 rings (SSSR count). The fourth-order valence-electron chi connectivity index (χ4n) is 5.55. The Morgan fingerprint density at radius 1 is 1.46 bits per heavy atom. The van der Waals surface area contributed by atoms with Crippen molar-refractivity contribution in [3.05, 3.63) is 35.6 Å². The molecule has 3 heterocycles. The van der Waals surface area contributed by atoms with Crippen LogP contribution in [0, 0.1) is 11.8 Å². The van der Waals surface area contributed by atoms with Gasteiger partial charge in [-0.1, -0.05) is 13.3 Å². The Bertz CT molecular complexity index is 851. The summed E-state index contributed by atoms with van der Waals surface area (Å²) in [6, 6.07) is 4.89. The molecule has 3 aliphatic rings. The number of aliphatic carboxylic acids is 1. The minimum atomic E-state index is -0.972. The van der Waals surface area contributed by atoms with Crippen molar-refractivity contribution in [2.45, 2.75) is 37.6 Å². The van der Waals surface area contributed by atoms with E-state index < -0.39 is 11.4 Å². The molecule has 0 aliphatic carbocycles. The van der Waals surface area contributed by atoms with Crippen LogP contribution in [0.3, 0.4) is 0 Å². The molecule has 1 amide bonds. The molecule has 4 atom stereocenters. The fraction of sp³-hybridized carbons (Fsp3) is 0.524. The van der Waals surface area contributed by atoms with E-state index >= 15 is 0 Å². The number of hydrogen-bond donors (Lipinski definition) is 3. The number of rotatable bonds is 4. The second-order valence-corrected chi connectivity index (χ2v) is 8.04. The van der Waals surface area contributed by atoms with E-state index in [0.29, 0.717) is 12.8 Å². The van der Waals surface area contributed by atoms with Gasteiger partial charge >= 0.3 is 5.97 Å². The first-order valence-electron chi connectivity index (χ1n) is 9.77. The Balaban J connectivity index is 1.76. The van der Waals surface area contributed by atoms with Crippen LogP contribution in [0.25, 0.3) is 0 Å². The number of methoxy groups -OCH3 is 1. The lowest BCUT2D eigenvalue weighted by atomic mass is 9.67. The third-order valence-electron chi connectivity index (χ3n) is 6.87. The van der Waals surface area contributed by atoms with Gasteiger partial charge in [0.05, 0.1) is 24.4 Å². The number of carbonyl (C=O) groups is 2. The highest BCUT2D eigenvalue weighted by molar-refractivity contribution is 6.07. The summed E-state index contributed by atoms with van der Waals surface area (Å²) < 4.78 is 5.06. The Morgan fingerprint density at radius 3 is 2.93 bits per heavy atom. The highest BCUT2D eigenvalue weighted by atomic mass is 16.5. The van der Waals surface area contributed by atoms with E-state index in [0.717, 1.165) is 30.8 Å². The van der Waals surface area contributed by atoms with Crippen molar-refractivity contribution in [2.75, 3.05) is 25.5 Å². The van der Waals surface area contributed by atoms with Gasteiger partial charge in [-0.05, 0) is 55.0 Å². The quantitative estimate of drug-likeness (QED) is 0.417. The first kappa shape index (κ1) is 18.8. The Hall–Kier alpha value is -2.54. The van der Waals surface area contributed by atoms with Gasteiger partial charge in [0, 0.05) is 18.3 Å². The number of carboxylic acids is 1. The minimum absolute atomic E-state index is 0.0538. The average Bonchev–Trinajstić information content (AvgIpc) is 3.18. The Kier molecular flexibility index (Phi) is 4.57. The molecule has 0 unspecified atom stereocenters. The number of aromatic hydroxyl groups is 1. The third kappa shape index (κ3) is 2.60. The average molecular weight is 386 g/mol. The number of fused-ring (bicyclic) bond motifs is 4. The summed E-state index contributed by atoms with van der Waals surface area (Å²) >= 11 is 0. The van der Waals surface area contributed by atoms with Crippen LogP contribution in [0.4, 0.5) is 5.69 Å². The minimum Gasteiger partial charge on any atom is -0.508 e. The SMILES string of the molecule is CC[C@@H]1CN2CC[C@@]3(C(=O)Nc4ccc(O)cc43)[C@@H]2C[C@@H]1/C(=C/OC)C(=O)O. The number of piperidine rings is 1. The summed E-state index contributed by atoms with van der Waals surface area (Å²) in [4.78, 5) is 27.4. The van der Waals surface area contributed by atoms with Crippen LogP contribution < -0.4 is 5.32 Å². The fourth-order valence-corrected chi connectivity index (χ4v) is 5.55. The van der Waals surface area contributed by atoms with Gasteiger partial charge < -0.3 is 20.3 Å². The largest absolute Gasteiger partial charge is 0.508 e. The number of hydrogen-bond acceptors (Lipinski definition) is 5. The van der Waals surface area contributed by atoms with E-state index in [1.54, 1.807) is 18.2 Å². The van der Waals surface area contributed by atoms with Gasteiger partial charge in [0.15, 0.2) is 0 Å². The number of benzene rings is 1. The van der Waals surface area contributed by atoms with Crippen molar-refractivity contribution < 1.29 is 24.5 Å². The number of nitrogens with one attached hydrogen (secondary N) is 1. The van der Waals surface area contributed by atoms with Crippen LogP contribution >= 0.6 is 0 Å². The van der Waals surface area contributed by atoms with Crippen molar-refractivity contribution in [3.63, 3.8) is 0 Å². The Morgan fingerprint density at radius 2 is 2.25 bits per heavy atom. The molecule has 0 radical (unpaired) electrons. The van der Waals surface area contributed by atoms with Crippen molar-refractivity contribution in [2.24, 2.45) is 11.8 Å². The highest BCUT2D eigenvalue weighted by Crippen LogP contribution is 2.53. The monoisotopic (exact) mass is 386 g/mol. The zero-order valence-electron chi connectivity index (χ0n) is 16.1. The second kappa shape index (κ2) is 6.81. The lowest BCUT2D eigenvalue weighted by Crippen LogP contribution is -2.53. The maximum Gasteiger partial charge on any atom is 0.334 e. The van der Waals surface area contributed by atoms with E-state index in [2.05, 4.69) is 17.1 Å². The standard InChI is InChI=1S/C21H26N2O5/c1-3-12-10-23-7-6-21(16-8-13(24)4-5-17(16)22-20(21)27)18(23)9-14(12)15(11-28-2)19(25)26/h4-5,8,11-12,14,18,24H,3,6-7,9-10H2,1-2H3,(H,22,27)(H,25,26)/b15-11-/t12-,14+,18+,21+/m1/s1. The molecule has 1 aromatic carbocycles. The Labute approximate surface area is 164 Å². The topological polar surface area (TPSA) is 99.1 Å². The molecule has 7 heteroatoms. The molecule has 1 spiro atoms. The molecule has 0 aromatic heterocycles. The number of amides is 1. The third-order valence-corrected chi connectivity index (χ3v) is 6.87. The lowest BCUT2D eigenvalue weighted by Gasteiger charge is -2.44. The summed E-state index contributed by atoms with van der Waals surface area (Å²) in [7, 11) is 1.46. The maximum absolute atomic E-state index is 13.1. The molecule has 7 nitrogen and oxygen atoms in total. The van der Waals surface area contributed by atoms with Crippen LogP contribution in [-0.4, -0.2) is 53.2 Å². The van der Waals surface area contributed by atoms with Gasteiger partial charge in [0.1, 0.15) is 5.75 Å². The zero-order valence-corrected chi connectivity index (χ0v) is 16.1. The van der Waals surface area contributed by atoms with Crippen molar-refractivity contribution in [1.29, 1.82) is 0 Å². The maximum atomic E-state index is 13.1.